The Balaban J connectivity index is 0.00000272. The van der Waals surface area contributed by atoms with Crippen LogP contribution in [0.25, 0.3) is 10.8 Å². The van der Waals surface area contributed by atoms with E-state index >= 15 is 0 Å². The average Bonchev–Trinajstić information content (AvgIpc) is 2.75. The lowest BCUT2D eigenvalue weighted by Crippen LogP contribution is -2.44. The summed E-state index contributed by atoms with van der Waals surface area (Å²) >= 11 is 0. The van der Waals surface area contributed by atoms with Gasteiger partial charge in [0.1, 0.15) is 11.9 Å². The third-order valence-electron chi connectivity index (χ3n) is 5.77. The molecule has 0 aromatic heterocycles. The summed E-state index contributed by atoms with van der Waals surface area (Å²) in [4.78, 5) is 13.0. The van der Waals surface area contributed by atoms with E-state index in [9.17, 15) is 4.79 Å². The molecule has 1 heterocycles. The largest absolute Gasteiger partial charge is 0.485 e. The molecule has 2 N–H and O–H groups in total. The number of hydrogen-bond acceptors (Lipinski definition) is 4. The molecule has 3 aromatic rings. The van der Waals surface area contributed by atoms with Gasteiger partial charge in [0.2, 0.25) is 0 Å². The molecule has 3 aromatic carbocycles. The molecule has 6 heteroatoms. The van der Waals surface area contributed by atoms with Crippen LogP contribution in [0, 0.1) is 0 Å². The van der Waals surface area contributed by atoms with Crippen LogP contribution >= 0.6 is 12.4 Å². The van der Waals surface area contributed by atoms with Crippen molar-refractivity contribution >= 4 is 34.8 Å². The predicted octanol–water partition coefficient (Wildman–Crippen LogP) is 4.83. The van der Waals surface area contributed by atoms with E-state index in [0.717, 1.165) is 30.1 Å². The van der Waals surface area contributed by atoms with E-state index in [2.05, 4.69) is 66.7 Å². The van der Waals surface area contributed by atoms with Crippen LogP contribution in [0.1, 0.15) is 30.5 Å². The lowest BCUT2D eigenvalue weighted by atomic mass is 9.99. The molecule has 0 bridgehead atoms. The zero-order valence-electron chi connectivity index (χ0n) is 17.9. The fourth-order valence-corrected chi connectivity index (χ4v) is 4.14. The van der Waals surface area contributed by atoms with Crippen LogP contribution in [0.3, 0.4) is 0 Å². The summed E-state index contributed by atoms with van der Waals surface area (Å²) in [5.41, 5.74) is 3.34. The van der Waals surface area contributed by atoms with Crippen LogP contribution in [-0.2, 0) is 11.2 Å². The summed E-state index contributed by atoms with van der Waals surface area (Å²) in [6.45, 7) is 3.72. The SMILES string of the molecule is C[C@@H](NCC1CN(C)c2cc(CCC(=O)O)ccc2O1)c1cccc2ccccc12.Cl. The van der Waals surface area contributed by atoms with Crippen molar-refractivity contribution in [1.29, 1.82) is 0 Å². The van der Waals surface area contributed by atoms with E-state index in [4.69, 9.17) is 9.84 Å². The molecule has 0 spiro atoms. The summed E-state index contributed by atoms with van der Waals surface area (Å²) in [7, 11) is 2.06. The molecule has 4 rings (SSSR count). The Morgan fingerprint density at radius 3 is 2.77 bits per heavy atom. The molecular formula is C25H29ClN2O3. The molecule has 0 radical (unpaired) electrons. The maximum atomic E-state index is 10.8. The van der Waals surface area contributed by atoms with Crippen LogP contribution < -0.4 is 15.0 Å². The van der Waals surface area contributed by atoms with Crippen LogP contribution in [0.4, 0.5) is 5.69 Å². The van der Waals surface area contributed by atoms with Gasteiger partial charge in [-0.1, -0.05) is 48.5 Å². The van der Waals surface area contributed by atoms with Gasteiger partial charge in [-0.15, -0.1) is 12.4 Å². The fourth-order valence-electron chi connectivity index (χ4n) is 4.14. The van der Waals surface area contributed by atoms with Crippen molar-refractivity contribution in [3.05, 3.63) is 71.8 Å². The van der Waals surface area contributed by atoms with Crippen molar-refractivity contribution < 1.29 is 14.6 Å². The lowest BCUT2D eigenvalue weighted by Gasteiger charge is -2.35. The molecule has 164 valence electrons. The highest BCUT2D eigenvalue weighted by Crippen LogP contribution is 2.34. The topological polar surface area (TPSA) is 61.8 Å². The van der Waals surface area contributed by atoms with Gasteiger partial charge in [0, 0.05) is 26.1 Å². The minimum absolute atomic E-state index is 0. The first-order valence-corrected chi connectivity index (χ1v) is 10.4. The van der Waals surface area contributed by atoms with E-state index in [-0.39, 0.29) is 31.0 Å². The van der Waals surface area contributed by atoms with Gasteiger partial charge >= 0.3 is 5.97 Å². The predicted molar refractivity (Wildman–Crippen MR) is 128 cm³/mol. The first-order valence-electron chi connectivity index (χ1n) is 10.4. The summed E-state index contributed by atoms with van der Waals surface area (Å²) in [5.74, 6) is 0.0798. The molecule has 1 aliphatic heterocycles. The van der Waals surface area contributed by atoms with Gasteiger partial charge in [-0.2, -0.15) is 0 Å². The van der Waals surface area contributed by atoms with Crippen LogP contribution in [0.2, 0.25) is 0 Å². The minimum Gasteiger partial charge on any atom is -0.485 e. The van der Waals surface area contributed by atoms with E-state index in [1.165, 1.54) is 16.3 Å². The Kier molecular flexibility index (Phi) is 7.42. The van der Waals surface area contributed by atoms with Gasteiger partial charge < -0.3 is 20.1 Å². The minimum atomic E-state index is -0.774. The number of carbonyl (C=O) groups is 1. The number of halogens is 1. The monoisotopic (exact) mass is 440 g/mol. The molecule has 2 atom stereocenters. The Bertz CT molecular complexity index is 1050. The molecule has 5 nitrogen and oxygen atoms in total. The normalized spacial score (nSPS) is 16.2. The Labute approximate surface area is 189 Å². The second kappa shape index (κ2) is 10.0. The molecule has 0 amide bonds. The quantitative estimate of drug-likeness (QED) is 0.551. The summed E-state index contributed by atoms with van der Waals surface area (Å²) in [5, 5.41) is 15.1. The van der Waals surface area contributed by atoms with Gasteiger partial charge in [-0.3, -0.25) is 4.79 Å². The number of aliphatic carboxylic acids is 1. The first kappa shape index (κ1) is 22.9. The Morgan fingerprint density at radius 2 is 1.97 bits per heavy atom. The van der Waals surface area contributed by atoms with Crippen LogP contribution in [0.5, 0.6) is 5.75 Å². The first-order chi connectivity index (χ1) is 14.5. The molecule has 0 aliphatic carbocycles. The number of hydrogen-bond donors (Lipinski definition) is 2. The van der Waals surface area contributed by atoms with Crippen molar-refractivity contribution in [1.82, 2.24) is 5.32 Å². The number of anilines is 1. The van der Waals surface area contributed by atoms with Crippen molar-refractivity contribution in [3.8, 4) is 5.75 Å². The number of benzene rings is 3. The molecule has 0 saturated heterocycles. The number of rotatable bonds is 7. The summed E-state index contributed by atoms with van der Waals surface area (Å²) < 4.78 is 6.24. The maximum absolute atomic E-state index is 10.8. The summed E-state index contributed by atoms with van der Waals surface area (Å²) in [6.07, 6.45) is 0.719. The van der Waals surface area contributed by atoms with Crippen LogP contribution in [0.15, 0.2) is 60.7 Å². The number of carboxylic acids is 1. The number of likely N-dealkylation sites (N-methyl/N-ethyl adjacent to an activating group) is 1. The Hall–Kier alpha value is -2.76. The fraction of sp³-hybridized carbons (Fsp3) is 0.320. The Morgan fingerprint density at radius 1 is 1.19 bits per heavy atom. The van der Waals surface area contributed by atoms with Crippen molar-refractivity contribution in [2.24, 2.45) is 0 Å². The van der Waals surface area contributed by atoms with E-state index in [1.807, 2.05) is 18.2 Å². The highest BCUT2D eigenvalue weighted by atomic mass is 35.5. The zero-order valence-corrected chi connectivity index (χ0v) is 18.7. The molecular weight excluding hydrogens is 412 g/mol. The molecule has 31 heavy (non-hydrogen) atoms. The third kappa shape index (κ3) is 5.30. The van der Waals surface area contributed by atoms with Crippen molar-refractivity contribution in [2.75, 3.05) is 25.0 Å². The highest BCUT2D eigenvalue weighted by molar-refractivity contribution is 5.86. The average molecular weight is 441 g/mol. The van der Waals surface area contributed by atoms with E-state index < -0.39 is 5.97 Å². The standard InChI is InChI=1S/C25H28N2O3.ClH/c1-17(21-9-5-7-19-6-3-4-8-22(19)21)26-15-20-16-27(2)23-14-18(11-13-25(28)29)10-12-24(23)30-20;/h3-10,12,14,17,20,26H,11,13,15-16H2,1-2H3,(H,28,29);1H/t17-,20?;/m1./s1. The van der Waals surface area contributed by atoms with Gasteiger partial charge in [0.25, 0.3) is 0 Å². The van der Waals surface area contributed by atoms with E-state index in [0.29, 0.717) is 6.42 Å². The van der Waals surface area contributed by atoms with Gasteiger partial charge in [-0.05, 0) is 47.4 Å². The lowest BCUT2D eigenvalue weighted by molar-refractivity contribution is -0.136. The number of nitrogens with one attached hydrogen (secondary N) is 1. The van der Waals surface area contributed by atoms with Gasteiger partial charge in [-0.25, -0.2) is 0 Å². The summed E-state index contributed by atoms with van der Waals surface area (Å²) in [6, 6.07) is 21.1. The van der Waals surface area contributed by atoms with Gasteiger partial charge in [0.05, 0.1) is 12.2 Å². The third-order valence-corrected chi connectivity index (χ3v) is 5.77. The smallest absolute Gasteiger partial charge is 0.303 e. The van der Waals surface area contributed by atoms with Crippen molar-refractivity contribution in [3.63, 3.8) is 0 Å². The number of nitrogens with zero attached hydrogens (tertiary/aromatic N) is 1. The number of fused-ring (bicyclic) bond motifs is 2. The molecule has 0 saturated carbocycles. The number of aryl methyl sites for hydroxylation is 1. The highest BCUT2D eigenvalue weighted by Gasteiger charge is 2.24. The van der Waals surface area contributed by atoms with Crippen LogP contribution in [-0.4, -0.2) is 37.3 Å². The molecule has 1 aliphatic rings. The van der Waals surface area contributed by atoms with Crippen molar-refractivity contribution in [2.45, 2.75) is 31.9 Å². The number of carboxylic acid groups (broad SMARTS) is 1. The van der Waals surface area contributed by atoms with E-state index in [1.54, 1.807) is 0 Å². The second-order valence-electron chi connectivity index (χ2n) is 8.01. The van der Waals surface area contributed by atoms with Gasteiger partial charge in [0.15, 0.2) is 0 Å². The maximum Gasteiger partial charge on any atom is 0.303 e. The molecule has 1 unspecified atom stereocenters. The molecule has 0 fully saturated rings. The second-order valence-corrected chi connectivity index (χ2v) is 8.01. The zero-order chi connectivity index (χ0) is 21.1. The number of ether oxygens (including phenoxy) is 1.